The molecule has 1 saturated carbocycles. The summed E-state index contributed by atoms with van der Waals surface area (Å²) in [6.07, 6.45) is 12.6. The van der Waals surface area contributed by atoms with Crippen molar-refractivity contribution in [3.05, 3.63) is 0 Å². The van der Waals surface area contributed by atoms with Gasteiger partial charge in [-0.15, -0.1) is 0 Å². The zero-order chi connectivity index (χ0) is 14.7. The van der Waals surface area contributed by atoms with Gasteiger partial charge in [-0.1, -0.05) is 26.2 Å². The molecular weight excluding hydrogens is 260 g/mol. The molecule has 3 aliphatic rings. The van der Waals surface area contributed by atoms with Gasteiger partial charge >= 0.3 is 0 Å². The van der Waals surface area contributed by atoms with Crippen molar-refractivity contribution in [2.24, 2.45) is 11.3 Å². The number of hydrogen-bond donors (Lipinski definition) is 1. The molecule has 120 valence electrons. The fourth-order valence-corrected chi connectivity index (χ4v) is 4.96. The first kappa shape index (κ1) is 15.3. The third-order valence-electron chi connectivity index (χ3n) is 6.36. The molecule has 1 N–H and O–H groups in total. The first-order valence-corrected chi connectivity index (χ1v) is 9.29. The van der Waals surface area contributed by atoms with Crippen LogP contribution in [0.3, 0.4) is 0 Å². The van der Waals surface area contributed by atoms with E-state index < -0.39 is 0 Å². The molecule has 2 heterocycles. The van der Waals surface area contributed by atoms with Gasteiger partial charge in [0.2, 0.25) is 5.91 Å². The van der Waals surface area contributed by atoms with E-state index in [1.165, 1.54) is 44.9 Å². The molecule has 21 heavy (non-hydrogen) atoms. The summed E-state index contributed by atoms with van der Waals surface area (Å²) in [6, 6.07) is 0.558. The van der Waals surface area contributed by atoms with Crippen LogP contribution in [0, 0.1) is 11.3 Å². The Balaban J connectivity index is 1.72. The van der Waals surface area contributed by atoms with Crippen molar-refractivity contribution >= 4 is 5.91 Å². The predicted molar refractivity (Wildman–Crippen MR) is 86.1 cm³/mol. The number of piperidine rings is 1. The van der Waals surface area contributed by atoms with Crippen LogP contribution in [0.1, 0.15) is 71.1 Å². The number of carbonyl (C=O) groups is 1. The van der Waals surface area contributed by atoms with Gasteiger partial charge in [-0.2, -0.15) is 0 Å². The van der Waals surface area contributed by atoms with Crippen LogP contribution in [0.15, 0.2) is 0 Å². The van der Waals surface area contributed by atoms with Crippen molar-refractivity contribution < 1.29 is 4.79 Å². The third-order valence-corrected chi connectivity index (χ3v) is 6.36. The average molecular weight is 292 g/mol. The van der Waals surface area contributed by atoms with Gasteiger partial charge in [0.25, 0.3) is 0 Å². The second-order valence-electron chi connectivity index (χ2n) is 7.52. The predicted octanol–water partition coefficient (Wildman–Crippen LogP) is 3.34. The van der Waals surface area contributed by atoms with E-state index in [9.17, 15) is 4.79 Å². The highest BCUT2D eigenvalue weighted by atomic mass is 16.2. The lowest BCUT2D eigenvalue weighted by Gasteiger charge is -2.42. The smallest absolute Gasteiger partial charge is 0.230 e. The molecule has 1 aliphatic carbocycles. The molecule has 3 heteroatoms. The van der Waals surface area contributed by atoms with E-state index in [2.05, 4.69) is 17.1 Å². The molecule has 0 aromatic carbocycles. The van der Waals surface area contributed by atoms with Gasteiger partial charge in [0, 0.05) is 19.1 Å². The SMILES string of the molecule is CCC1(C(=O)N2CCCC2C2CCCCC2)CCCNC1. The van der Waals surface area contributed by atoms with Crippen LogP contribution in [0.5, 0.6) is 0 Å². The van der Waals surface area contributed by atoms with Gasteiger partial charge in [-0.25, -0.2) is 0 Å². The fraction of sp³-hybridized carbons (Fsp3) is 0.944. The van der Waals surface area contributed by atoms with E-state index in [1.807, 2.05) is 0 Å². The van der Waals surface area contributed by atoms with Crippen LogP contribution in [0.4, 0.5) is 0 Å². The Kier molecular flexibility index (Phi) is 4.88. The van der Waals surface area contributed by atoms with E-state index in [4.69, 9.17) is 0 Å². The first-order chi connectivity index (χ1) is 10.3. The highest BCUT2D eigenvalue weighted by Crippen LogP contribution is 2.39. The highest BCUT2D eigenvalue weighted by molar-refractivity contribution is 5.83. The average Bonchev–Trinajstić information content (AvgIpc) is 3.05. The Morgan fingerprint density at radius 3 is 2.62 bits per heavy atom. The van der Waals surface area contributed by atoms with Gasteiger partial charge in [0.05, 0.1) is 5.41 Å². The molecule has 0 spiro atoms. The van der Waals surface area contributed by atoms with E-state index in [0.717, 1.165) is 44.8 Å². The van der Waals surface area contributed by atoms with Crippen molar-refractivity contribution in [2.75, 3.05) is 19.6 Å². The summed E-state index contributed by atoms with van der Waals surface area (Å²) in [6.45, 7) is 5.20. The summed E-state index contributed by atoms with van der Waals surface area (Å²) in [4.78, 5) is 15.6. The van der Waals surface area contributed by atoms with E-state index in [-0.39, 0.29) is 5.41 Å². The lowest BCUT2D eigenvalue weighted by molar-refractivity contribution is -0.145. The Labute approximate surface area is 129 Å². The van der Waals surface area contributed by atoms with Crippen molar-refractivity contribution in [1.29, 1.82) is 0 Å². The number of nitrogens with zero attached hydrogens (tertiary/aromatic N) is 1. The number of likely N-dealkylation sites (tertiary alicyclic amines) is 1. The van der Waals surface area contributed by atoms with Crippen LogP contribution in [0.25, 0.3) is 0 Å². The standard InChI is InChI=1S/C18H32N2O/c1-2-18(11-7-12-19-14-18)17(21)20-13-6-10-16(20)15-8-4-3-5-9-15/h15-16,19H,2-14H2,1H3. The number of amides is 1. The summed E-state index contributed by atoms with van der Waals surface area (Å²) in [5.41, 5.74) is -0.102. The Morgan fingerprint density at radius 2 is 1.95 bits per heavy atom. The van der Waals surface area contributed by atoms with Gasteiger partial charge in [0.15, 0.2) is 0 Å². The van der Waals surface area contributed by atoms with E-state index in [0.29, 0.717) is 11.9 Å². The summed E-state index contributed by atoms with van der Waals surface area (Å²) in [5.74, 6) is 1.26. The third kappa shape index (κ3) is 2.99. The van der Waals surface area contributed by atoms with Gasteiger partial charge in [0.1, 0.15) is 0 Å². The summed E-state index contributed by atoms with van der Waals surface area (Å²) in [5, 5.41) is 3.48. The molecule has 3 nitrogen and oxygen atoms in total. The van der Waals surface area contributed by atoms with Crippen LogP contribution < -0.4 is 5.32 Å². The minimum absolute atomic E-state index is 0.102. The molecule has 2 unspecified atom stereocenters. The summed E-state index contributed by atoms with van der Waals surface area (Å²) >= 11 is 0. The maximum atomic E-state index is 13.3. The molecule has 0 radical (unpaired) electrons. The zero-order valence-corrected chi connectivity index (χ0v) is 13.7. The zero-order valence-electron chi connectivity index (χ0n) is 13.7. The van der Waals surface area contributed by atoms with Crippen molar-refractivity contribution in [2.45, 2.75) is 77.2 Å². The van der Waals surface area contributed by atoms with Crippen LogP contribution in [-0.2, 0) is 4.79 Å². The number of carbonyl (C=O) groups excluding carboxylic acids is 1. The van der Waals surface area contributed by atoms with Gasteiger partial charge < -0.3 is 10.2 Å². The van der Waals surface area contributed by atoms with Crippen LogP contribution in [-0.4, -0.2) is 36.5 Å². The molecule has 0 bridgehead atoms. The van der Waals surface area contributed by atoms with E-state index in [1.54, 1.807) is 0 Å². The number of rotatable bonds is 3. The quantitative estimate of drug-likeness (QED) is 0.865. The largest absolute Gasteiger partial charge is 0.339 e. The molecule has 2 saturated heterocycles. The molecule has 3 rings (SSSR count). The first-order valence-electron chi connectivity index (χ1n) is 9.29. The molecule has 0 aromatic rings. The maximum Gasteiger partial charge on any atom is 0.230 e. The molecule has 2 atom stereocenters. The Hall–Kier alpha value is -0.570. The van der Waals surface area contributed by atoms with E-state index >= 15 is 0 Å². The van der Waals surface area contributed by atoms with Crippen molar-refractivity contribution in [3.8, 4) is 0 Å². The minimum atomic E-state index is -0.102. The van der Waals surface area contributed by atoms with Crippen molar-refractivity contribution in [3.63, 3.8) is 0 Å². The Morgan fingerprint density at radius 1 is 1.14 bits per heavy atom. The van der Waals surface area contributed by atoms with Gasteiger partial charge in [-0.05, 0) is 57.4 Å². The highest BCUT2D eigenvalue weighted by Gasteiger charge is 2.45. The van der Waals surface area contributed by atoms with Crippen molar-refractivity contribution in [1.82, 2.24) is 10.2 Å². The van der Waals surface area contributed by atoms with Crippen LogP contribution >= 0.6 is 0 Å². The maximum absolute atomic E-state index is 13.3. The monoisotopic (exact) mass is 292 g/mol. The number of hydrogen-bond acceptors (Lipinski definition) is 2. The minimum Gasteiger partial charge on any atom is -0.339 e. The fourth-order valence-electron chi connectivity index (χ4n) is 4.96. The van der Waals surface area contributed by atoms with Crippen LogP contribution in [0.2, 0.25) is 0 Å². The van der Waals surface area contributed by atoms with Gasteiger partial charge in [-0.3, -0.25) is 4.79 Å². The summed E-state index contributed by atoms with van der Waals surface area (Å²) < 4.78 is 0. The molecule has 0 aromatic heterocycles. The molecule has 1 amide bonds. The Bertz CT molecular complexity index is 356. The lowest BCUT2D eigenvalue weighted by Crippen LogP contribution is -2.54. The lowest BCUT2D eigenvalue weighted by atomic mass is 9.76. The molecule has 2 aliphatic heterocycles. The number of nitrogens with one attached hydrogen (secondary N) is 1. The molecular formula is C18H32N2O. The normalized spacial score (nSPS) is 35.1. The second-order valence-corrected chi connectivity index (χ2v) is 7.52. The summed E-state index contributed by atoms with van der Waals surface area (Å²) in [7, 11) is 0. The second kappa shape index (κ2) is 6.68. The molecule has 3 fully saturated rings. The topological polar surface area (TPSA) is 32.3 Å².